The van der Waals surface area contributed by atoms with Crippen LogP contribution < -0.4 is 11.3 Å². The number of nitrogens with zero attached hydrogens (tertiary/aromatic N) is 1. The van der Waals surface area contributed by atoms with Crippen LogP contribution in [-0.2, 0) is 6.54 Å². The molecule has 2 rings (SSSR count). The molecular weight excluding hydrogens is 247 g/mol. The molecule has 0 aliphatic heterocycles. The zero-order valence-electron chi connectivity index (χ0n) is 10.4. The molecule has 0 aliphatic carbocycles. The van der Waals surface area contributed by atoms with E-state index in [4.69, 9.17) is 5.73 Å². The molecule has 0 bridgehead atoms. The van der Waals surface area contributed by atoms with Gasteiger partial charge in [-0.2, -0.15) is 0 Å². The van der Waals surface area contributed by atoms with E-state index in [0.717, 1.165) is 5.56 Å². The molecule has 0 spiro atoms. The number of hydrogen-bond donors (Lipinski definition) is 1. The maximum Gasteiger partial charge on any atom is 0.251 e. The van der Waals surface area contributed by atoms with E-state index >= 15 is 0 Å². The summed E-state index contributed by atoms with van der Waals surface area (Å²) in [4.78, 5) is 22.8. The third kappa shape index (κ3) is 2.88. The maximum absolute atomic E-state index is 13.7. The van der Waals surface area contributed by atoms with Crippen molar-refractivity contribution < 1.29 is 9.18 Å². The fraction of sp³-hybridized carbons (Fsp3) is 0.143. The van der Waals surface area contributed by atoms with Crippen LogP contribution in [-0.4, -0.2) is 10.5 Å². The van der Waals surface area contributed by atoms with Gasteiger partial charge in [-0.25, -0.2) is 4.39 Å². The van der Waals surface area contributed by atoms with E-state index in [-0.39, 0.29) is 23.2 Å². The van der Waals surface area contributed by atoms with Crippen LogP contribution in [0.15, 0.2) is 41.3 Å². The Labute approximate surface area is 109 Å². The van der Waals surface area contributed by atoms with Gasteiger partial charge in [-0.15, -0.1) is 0 Å². The van der Waals surface area contributed by atoms with E-state index in [9.17, 15) is 14.0 Å². The minimum absolute atomic E-state index is 0.0616. The molecule has 0 unspecified atom stereocenters. The highest BCUT2D eigenvalue weighted by molar-refractivity contribution is 5.92. The predicted octanol–water partition coefficient (Wildman–Crippen LogP) is 1.44. The van der Waals surface area contributed by atoms with Crippen molar-refractivity contribution in [2.45, 2.75) is 13.5 Å². The molecule has 98 valence electrons. The molecule has 0 saturated heterocycles. The second kappa shape index (κ2) is 5.06. The van der Waals surface area contributed by atoms with Gasteiger partial charge in [0.05, 0.1) is 6.54 Å². The van der Waals surface area contributed by atoms with Gasteiger partial charge in [0.2, 0.25) is 5.91 Å². The third-order valence-electron chi connectivity index (χ3n) is 2.82. The van der Waals surface area contributed by atoms with Gasteiger partial charge in [0, 0.05) is 23.4 Å². The van der Waals surface area contributed by atoms with E-state index < -0.39 is 11.7 Å². The molecule has 1 aromatic heterocycles. The van der Waals surface area contributed by atoms with Crippen LogP contribution in [0, 0.1) is 12.7 Å². The number of rotatable bonds is 3. The number of pyridine rings is 1. The highest BCUT2D eigenvalue weighted by Gasteiger charge is 2.08. The zero-order chi connectivity index (χ0) is 14.0. The molecule has 1 aromatic carbocycles. The van der Waals surface area contributed by atoms with Crippen LogP contribution in [0.3, 0.4) is 0 Å². The molecule has 1 amide bonds. The second-order valence-electron chi connectivity index (χ2n) is 4.34. The van der Waals surface area contributed by atoms with Crippen LogP contribution in [0.4, 0.5) is 4.39 Å². The molecule has 0 radical (unpaired) electrons. The number of amides is 1. The molecule has 1 heterocycles. The number of aryl methyl sites for hydroxylation is 1. The zero-order valence-corrected chi connectivity index (χ0v) is 10.4. The Morgan fingerprint density at radius 1 is 1.32 bits per heavy atom. The predicted molar refractivity (Wildman–Crippen MR) is 69.5 cm³/mol. The van der Waals surface area contributed by atoms with Gasteiger partial charge in [0.25, 0.3) is 5.56 Å². The van der Waals surface area contributed by atoms with Crippen molar-refractivity contribution in [2.75, 3.05) is 0 Å². The first-order valence-corrected chi connectivity index (χ1v) is 5.72. The van der Waals surface area contributed by atoms with E-state index in [1.54, 1.807) is 19.2 Å². The van der Waals surface area contributed by atoms with Crippen molar-refractivity contribution in [1.29, 1.82) is 0 Å². The number of carbonyl (C=O) groups is 1. The number of primary amides is 1. The van der Waals surface area contributed by atoms with Gasteiger partial charge in [-0.05, 0) is 36.8 Å². The van der Waals surface area contributed by atoms with Crippen LogP contribution in [0.2, 0.25) is 0 Å². The minimum atomic E-state index is -0.627. The third-order valence-corrected chi connectivity index (χ3v) is 2.82. The lowest BCUT2D eigenvalue weighted by molar-refractivity contribution is 0.1000. The highest BCUT2D eigenvalue weighted by atomic mass is 19.1. The Kier molecular flexibility index (Phi) is 3.46. The summed E-state index contributed by atoms with van der Waals surface area (Å²) in [5.74, 6) is -1.10. The summed E-state index contributed by atoms with van der Waals surface area (Å²) in [6, 6.07) is 7.09. The van der Waals surface area contributed by atoms with E-state index in [0.29, 0.717) is 0 Å². The number of aromatic nitrogens is 1. The van der Waals surface area contributed by atoms with Crippen LogP contribution >= 0.6 is 0 Å². The Morgan fingerprint density at radius 2 is 2.05 bits per heavy atom. The quantitative estimate of drug-likeness (QED) is 0.907. The average Bonchev–Trinajstić information content (AvgIpc) is 2.34. The Balaban J connectivity index is 2.40. The van der Waals surface area contributed by atoms with Gasteiger partial charge in [-0.1, -0.05) is 0 Å². The fourth-order valence-electron chi connectivity index (χ4n) is 1.77. The first-order chi connectivity index (χ1) is 8.97. The summed E-state index contributed by atoms with van der Waals surface area (Å²) in [6.07, 6.45) is 1.59. The largest absolute Gasteiger partial charge is 0.366 e. The lowest BCUT2D eigenvalue weighted by atomic mass is 10.1. The monoisotopic (exact) mass is 260 g/mol. The smallest absolute Gasteiger partial charge is 0.251 e. The molecule has 4 nitrogen and oxygen atoms in total. The van der Waals surface area contributed by atoms with Crippen molar-refractivity contribution >= 4 is 5.91 Å². The Morgan fingerprint density at radius 3 is 2.68 bits per heavy atom. The van der Waals surface area contributed by atoms with E-state index in [1.807, 2.05) is 0 Å². The molecule has 0 saturated carbocycles. The van der Waals surface area contributed by atoms with Crippen molar-refractivity contribution in [3.8, 4) is 0 Å². The minimum Gasteiger partial charge on any atom is -0.366 e. The Hall–Kier alpha value is -2.43. The molecule has 2 N–H and O–H groups in total. The highest BCUT2D eigenvalue weighted by Crippen LogP contribution is 2.11. The number of carbonyl (C=O) groups excluding carboxylic acids is 1. The number of benzene rings is 1. The van der Waals surface area contributed by atoms with E-state index in [2.05, 4.69) is 0 Å². The van der Waals surface area contributed by atoms with Crippen molar-refractivity contribution in [2.24, 2.45) is 5.73 Å². The van der Waals surface area contributed by atoms with Gasteiger partial charge in [0.1, 0.15) is 5.82 Å². The van der Waals surface area contributed by atoms with Crippen LogP contribution in [0.5, 0.6) is 0 Å². The molecule has 0 fully saturated rings. The molecule has 2 aromatic rings. The normalized spacial score (nSPS) is 10.4. The first-order valence-electron chi connectivity index (χ1n) is 5.72. The van der Waals surface area contributed by atoms with Crippen molar-refractivity contribution in [3.05, 3.63) is 69.4 Å². The number of nitrogens with two attached hydrogens (primary N) is 1. The van der Waals surface area contributed by atoms with Gasteiger partial charge >= 0.3 is 0 Å². The first kappa shape index (κ1) is 13.0. The molecular formula is C14H13FN2O2. The summed E-state index contributed by atoms with van der Waals surface area (Å²) in [7, 11) is 0. The lowest BCUT2D eigenvalue weighted by Crippen LogP contribution is -2.20. The fourth-order valence-corrected chi connectivity index (χ4v) is 1.77. The van der Waals surface area contributed by atoms with E-state index in [1.165, 1.54) is 28.8 Å². The summed E-state index contributed by atoms with van der Waals surface area (Å²) in [6.45, 7) is 1.87. The molecule has 0 aliphatic rings. The summed E-state index contributed by atoms with van der Waals surface area (Å²) < 4.78 is 15.0. The number of halogens is 1. The van der Waals surface area contributed by atoms with Gasteiger partial charge in [0.15, 0.2) is 0 Å². The summed E-state index contributed by atoms with van der Waals surface area (Å²) in [5, 5.41) is 0. The Bertz CT molecular complexity index is 692. The maximum atomic E-state index is 13.7. The SMILES string of the molecule is Cc1ccn(Cc2cc(C(N)=O)ccc2F)c(=O)c1. The average molecular weight is 260 g/mol. The summed E-state index contributed by atoms with van der Waals surface area (Å²) >= 11 is 0. The lowest BCUT2D eigenvalue weighted by Gasteiger charge is -2.08. The molecule has 5 heteroatoms. The van der Waals surface area contributed by atoms with Gasteiger partial charge in [-0.3, -0.25) is 9.59 Å². The van der Waals surface area contributed by atoms with Crippen LogP contribution in [0.25, 0.3) is 0 Å². The molecule has 0 atom stereocenters. The molecule has 19 heavy (non-hydrogen) atoms. The summed E-state index contributed by atoms with van der Waals surface area (Å²) in [5.41, 5.74) is 6.24. The van der Waals surface area contributed by atoms with Crippen LogP contribution in [0.1, 0.15) is 21.5 Å². The topological polar surface area (TPSA) is 65.1 Å². The number of hydrogen-bond acceptors (Lipinski definition) is 2. The van der Waals surface area contributed by atoms with Gasteiger partial charge < -0.3 is 10.3 Å². The second-order valence-corrected chi connectivity index (χ2v) is 4.34. The standard InChI is InChI=1S/C14H13FN2O2/c1-9-4-5-17(13(18)6-9)8-11-7-10(14(16)19)2-3-12(11)15/h2-7H,8H2,1H3,(H2,16,19). The van der Waals surface area contributed by atoms with Crippen molar-refractivity contribution in [3.63, 3.8) is 0 Å². The van der Waals surface area contributed by atoms with Crippen molar-refractivity contribution in [1.82, 2.24) is 4.57 Å².